The van der Waals surface area contributed by atoms with E-state index < -0.39 is 12.0 Å². The molecule has 1 fully saturated rings. The van der Waals surface area contributed by atoms with E-state index in [0.29, 0.717) is 30.2 Å². The Morgan fingerprint density at radius 2 is 1.72 bits per heavy atom. The Morgan fingerprint density at radius 1 is 1.03 bits per heavy atom. The number of nitrogens with one attached hydrogen (secondary N) is 1. The molecule has 0 aliphatic carbocycles. The molecule has 1 aliphatic rings. The Kier molecular flexibility index (Phi) is 7.43. The first-order chi connectivity index (χ1) is 17.4. The standard InChI is InChI=1S/C28H30N2O6/c1-5-36-26(31)16-23-27(32)29-10-11-30(23)28(33)20-12-19-14-24(34-3)25(35-4)15-22(19)21(13-20)18-8-6-17(2)7-9-18/h6-9,12-15,23H,5,10-11,16H2,1-4H3,(H,29,32). The molecule has 0 bridgehead atoms. The van der Waals surface area contributed by atoms with Crippen molar-refractivity contribution in [3.05, 3.63) is 59.7 Å². The van der Waals surface area contributed by atoms with Gasteiger partial charge >= 0.3 is 5.97 Å². The summed E-state index contributed by atoms with van der Waals surface area (Å²) < 4.78 is 16.1. The highest BCUT2D eigenvalue weighted by Gasteiger charge is 2.36. The van der Waals surface area contributed by atoms with Crippen LogP contribution in [0.5, 0.6) is 11.5 Å². The van der Waals surface area contributed by atoms with Gasteiger partial charge in [-0.15, -0.1) is 0 Å². The minimum atomic E-state index is -0.936. The Hall–Kier alpha value is -4.07. The van der Waals surface area contributed by atoms with Gasteiger partial charge in [-0.1, -0.05) is 29.8 Å². The smallest absolute Gasteiger partial charge is 0.308 e. The molecule has 3 aromatic rings. The summed E-state index contributed by atoms with van der Waals surface area (Å²) in [6.45, 7) is 4.52. The molecule has 0 aromatic heterocycles. The van der Waals surface area contributed by atoms with Crippen molar-refractivity contribution < 1.29 is 28.6 Å². The second-order valence-electron chi connectivity index (χ2n) is 8.63. The third kappa shape index (κ3) is 4.98. The number of hydrogen-bond acceptors (Lipinski definition) is 6. The molecule has 0 saturated carbocycles. The van der Waals surface area contributed by atoms with E-state index >= 15 is 0 Å². The maximum atomic E-state index is 13.8. The molecule has 8 nitrogen and oxygen atoms in total. The first-order valence-corrected chi connectivity index (χ1v) is 11.9. The van der Waals surface area contributed by atoms with Gasteiger partial charge in [0, 0.05) is 18.7 Å². The fourth-order valence-corrected chi connectivity index (χ4v) is 4.49. The Bertz CT molecular complexity index is 1300. The lowest BCUT2D eigenvalue weighted by molar-refractivity contribution is -0.147. The van der Waals surface area contributed by atoms with Crippen molar-refractivity contribution in [1.82, 2.24) is 10.2 Å². The number of amides is 2. The summed E-state index contributed by atoms with van der Waals surface area (Å²) in [6, 6.07) is 14.5. The van der Waals surface area contributed by atoms with E-state index in [9.17, 15) is 14.4 Å². The van der Waals surface area contributed by atoms with Crippen LogP contribution in [0.15, 0.2) is 48.5 Å². The number of piperazine rings is 1. The van der Waals surface area contributed by atoms with E-state index in [0.717, 1.165) is 27.5 Å². The van der Waals surface area contributed by atoms with Crippen molar-refractivity contribution in [2.45, 2.75) is 26.3 Å². The molecular weight excluding hydrogens is 460 g/mol. The molecule has 0 radical (unpaired) electrons. The summed E-state index contributed by atoms with van der Waals surface area (Å²) in [6.07, 6.45) is -0.200. The molecule has 1 heterocycles. The van der Waals surface area contributed by atoms with Crippen LogP contribution in [0, 0.1) is 6.92 Å². The molecule has 1 atom stereocenters. The summed E-state index contributed by atoms with van der Waals surface area (Å²) in [4.78, 5) is 40.0. The van der Waals surface area contributed by atoms with Gasteiger partial charge in [0.15, 0.2) is 11.5 Å². The Morgan fingerprint density at radius 3 is 2.39 bits per heavy atom. The van der Waals surface area contributed by atoms with E-state index in [1.807, 2.05) is 49.4 Å². The first-order valence-electron chi connectivity index (χ1n) is 11.9. The number of esters is 1. The lowest BCUT2D eigenvalue weighted by atomic mass is 9.93. The third-order valence-electron chi connectivity index (χ3n) is 6.32. The summed E-state index contributed by atoms with van der Waals surface area (Å²) in [5, 5.41) is 4.43. The molecule has 0 spiro atoms. The summed E-state index contributed by atoms with van der Waals surface area (Å²) >= 11 is 0. The van der Waals surface area contributed by atoms with Gasteiger partial charge in [0.2, 0.25) is 5.91 Å². The van der Waals surface area contributed by atoms with Crippen LogP contribution >= 0.6 is 0 Å². The number of hydrogen-bond donors (Lipinski definition) is 1. The molecule has 1 N–H and O–H groups in total. The minimum absolute atomic E-state index is 0.200. The summed E-state index contributed by atoms with van der Waals surface area (Å²) in [7, 11) is 3.14. The van der Waals surface area contributed by atoms with Gasteiger partial charge in [0.25, 0.3) is 5.91 Å². The number of nitrogens with zero attached hydrogens (tertiary/aromatic N) is 1. The number of aryl methyl sites for hydroxylation is 1. The maximum absolute atomic E-state index is 13.8. The number of rotatable bonds is 7. The van der Waals surface area contributed by atoms with E-state index in [1.54, 1.807) is 27.2 Å². The molecule has 3 aromatic carbocycles. The highest BCUT2D eigenvalue weighted by atomic mass is 16.5. The number of carbonyl (C=O) groups excluding carboxylic acids is 3. The van der Waals surface area contributed by atoms with Gasteiger partial charge in [-0.05, 0) is 60.0 Å². The van der Waals surface area contributed by atoms with Crippen LogP contribution in [0.2, 0.25) is 0 Å². The predicted octanol–water partition coefficient (Wildman–Crippen LogP) is 3.73. The number of methoxy groups -OCH3 is 2. The zero-order valence-corrected chi connectivity index (χ0v) is 20.9. The highest BCUT2D eigenvalue weighted by Crippen LogP contribution is 2.38. The van der Waals surface area contributed by atoms with Gasteiger partial charge < -0.3 is 24.4 Å². The number of fused-ring (bicyclic) bond motifs is 1. The molecule has 188 valence electrons. The summed E-state index contributed by atoms with van der Waals surface area (Å²) in [5.41, 5.74) is 3.32. The normalized spacial score (nSPS) is 15.4. The minimum Gasteiger partial charge on any atom is -0.493 e. The number of benzene rings is 3. The SMILES string of the molecule is CCOC(=O)CC1C(=O)NCCN1C(=O)c1cc(-c2ccc(C)cc2)c2cc(OC)c(OC)cc2c1. The topological polar surface area (TPSA) is 94.2 Å². The van der Waals surface area contributed by atoms with E-state index in [1.165, 1.54) is 4.90 Å². The molecule has 36 heavy (non-hydrogen) atoms. The van der Waals surface area contributed by atoms with Crippen LogP contribution in [0.1, 0.15) is 29.3 Å². The average Bonchev–Trinajstić information content (AvgIpc) is 2.88. The monoisotopic (exact) mass is 490 g/mol. The van der Waals surface area contributed by atoms with Crippen LogP contribution in [0.4, 0.5) is 0 Å². The third-order valence-corrected chi connectivity index (χ3v) is 6.32. The van der Waals surface area contributed by atoms with Crippen molar-refractivity contribution in [3.8, 4) is 22.6 Å². The van der Waals surface area contributed by atoms with Crippen LogP contribution < -0.4 is 14.8 Å². The van der Waals surface area contributed by atoms with Crippen LogP contribution in [0.3, 0.4) is 0 Å². The fourth-order valence-electron chi connectivity index (χ4n) is 4.49. The van der Waals surface area contributed by atoms with Crippen LogP contribution in [0.25, 0.3) is 21.9 Å². The van der Waals surface area contributed by atoms with Gasteiger partial charge in [-0.2, -0.15) is 0 Å². The van der Waals surface area contributed by atoms with E-state index in [4.69, 9.17) is 14.2 Å². The van der Waals surface area contributed by atoms with Crippen molar-refractivity contribution in [2.24, 2.45) is 0 Å². The first kappa shape index (κ1) is 25.0. The molecule has 1 aliphatic heterocycles. The van der Waals surface area contributed by atoms with Gasteiger partial charge in [0.1, 0.15) is 6.04 Å². The molecule has 2 amide bonds. The number of carbonyl (C=O) groups is 3. The lowest BCUT2D eigenvalue weighted by Crippen LogP contribution is -2.57. The van der Waals surface area contributed by atoms with Crippen molar-refractivity contribution in [3.63, 3.8) is 0 Å². The van der Waals surface area contributed by atoms with Crippen molar-refractivity contribution in [2.75, 3.05) is 33.9 Å². The maximum Gasteiger partial charge on any atom is 0.308 e. The van der Waals surface area contributed by atoms with Crippen LogP contribution in [-0.4, -0.2) is 62.6 Å². The average molecular weight is 491 g/mol. The molecule has 1 saturated heterocycles. The molecular formula is C28H30N2O6. The largest absolute Gasteiger partial charge is 0.493 e. The second-order valence-corrected chi connectivity index (χ2v) is 8.63. The Balaban J connectivity index is 1.83. The molecule has 4 rings (SSSR count). The zero-order valence-electron chi connectivity index (χ0n) is 20.9. The van der Waals surface area contributed by atoms with E-state index in [-0.39, 0.29) is 24.8 Å². The predicted molar refractivity (Wildman–Crippen MR) is 136 cm³/mol. The number of ether oxygens (including phenoxy) is 3. The highest BCUT2D eigenvalue weighted by molar-refractivity contribution is 6.07. The quantitative estimate of drug-likeness (QED) is 0.508. The molecule has 8 heteroatoms. The Labute approximate surface area is 210 Å². The van der Waals surface area contributed by atoms with Crippen LogP contribution in [-0.2, 0) is 14.3 Å². The van der Waals surface area contributed by atoms with Gasteiger partial charge in [-0.3, -0.25) is 14.4 Å². The van der Waals surface area contributed by atoms with E-state index in [2.05, 4.69) is 5.32 Å². The van der Waals surface area contributed by atoms with Gasteiger partial charge in [0.05, 0.1) is 27.2 Å². The zero-order chi connectivity index (χ0) is 25.8. The summed E-state index contributed by atoms with van der Waals surface area (Å²) in [5.74, 6) is -0.0903. The fraction of sp³-hybridized carbons (Fsp3) is 0.321. The van der Waals surface area contributed by atoms with Crippen molar-refractivity contribution in [1.29, 1.82) is 0 Å². The second kappa shape index (κ2) is 10.7. The van der Waals surface area contributed by atoms with Gasteiger partial charge in [-0.25, -0.2) is 0 Å². The lowest BCUT2D eigenvalue weighted by Gasteiger charge is -2.34. The van der Waals surface area contributed by atoms with Crippen molar-refractivity contribution >= 4 is 28.6 Å². The molecule has 1 unspecified atom stereocenters.